The predicted octanol–water partition coefficient (Wildman–Crippen LogP) is 3.78. The molecule has 2 aromatic heterocycles. The second kappa shape index (κ2) is 5.52. The molecule has 0 aliphatic carbocycles. The minimum atomic E-state index is 0.195. The van der Waals surface area contributed by atoms with E-state index in [1.807, 2.05) is 35.4 Å². The van der Waals surface area contributed by atoms with Gasteiger partial charge in [-0.3, -0.25) is 4.79 Å². The topological polar surface area (TPSA) is 51.9 Å². The summed E-state index contributed by atoms with van der Waals surface area (Å²) in [4.78, 5) is 21.6. The summed E-state index contributed by atoms with van der Waals surface area (Å²) >= 11 is 0. The lowest BCUT2D eigenvalue weighted by atomic mass is 10.0. The number of nitrogens with one attached hydrogen (secondary N) is 2. The molecule has 124 valence electrons. The van der Waals surface area contributed by atoms with E-state index in [9.17, 15) is 4.79 Å². The monoisotopic (exact) mass is 329 g/mol. The highest BCUT2D eigenvalue weighted by Crippen LogP contribution is 2.28. The molecule has 0 saturated heterocycles. The van der Waals surface area contributed by atoms with E-state index in [0.717, 1.165) is 29.4 Å². The number of rotatable bonds is 2. The van der Waals surface area contributed by atoms with Crippen LogP contribution < -0.4 is 0 Å². The standard InChI is InChI=1S/C21H19N3O/c25-21(11-14-12-22-18-7-3-1-5-15(14)18)24-10-9-20-17(13-24)16-6-2-4-8-19(16)23-20/h1-8,12,22-23H,9-11,13H2. The molecule has 0 unspecified atom stereocenters. The van der Waals surface area contributed by atoms with Crippen LogP contribution in [0.3, 0.4) is 0 Å². The Bertz CT molecular complexity index is 1090. The Hall–Kier alpha value is -3.01. The summed E-state index contributed by atoms with van der Waals surface area (Å²) in [6, 6.07) is 16.5. The third-order valence-corrected chi connectivity index (χ3v) is 5.25. The molecule has 0 radical (unpaired) electrons. The summed E-state index contributed by atoms with van der Waals surface area (Å²) in [5, 5.41) is 2.38. The van der Waals surface area contributed by atoms with Crippen molar-refractivity contribution in [3.63, 3.8) is 0 Å². The number of hydrogen-bond acceptors (Lipinski definition) is 1. The van der Waals surface area contributed by atoms with Crippen molar-refractivity contribution >= 4 is 27.7 Å². The predicted molar refractivity (Wildman–Crippen MR) is 99.4 cm³/mol. The smallest absolute Gasteiger partial charge is 0.227 e. The molecule has 4 heteroatoms. The number of aromatic nitrogens is 2. The molecule has 0 saturated carbocycles. The van der Waals surface area contributed by atoms with Crippen LogP contribution in [-0.2, 0) is 24.2 Å². The van der Waals surface area contributed by atoms with Gasteiger partial charge < -0.3 is 14.9 Å². The van der Waals surface area contributed by atoms with Gasteiger partial charge in [0.15, 0.2) is 0 Å². The first-order valence-electron chi connectivity index (χ1n) is 8.71. The van der Waals surface area contributed by atoms with E-state index in [2.05, 4.69) is 34.2 Å². The summed E-state index contributed by atoms with van der Waals surface area (Å²) in [5.74, 6) is 0.195. The zero-order valence-electron chi connectivity index (χ0n) is 13.9. The van der Waals surface area contributed by atoms with Gasteiger partial charge in [0.2, 0.25) is 5.91 Å². The van der Waals surface area contributed by atoms with Crippen LogP contribution >= 0.6 is 0 Å². The molecule has 4 nitrogen and oxygen atoms in total. The third-order valence-electron chi connectivity index (χ3n) is 5.25. The van der Waals surface area contributed by atoms with Crippen LogP contribution in [0.5, 0.6) is 0 Å². The number of carbonyl (C=O) groups excluding carboxylic acids is 1. The van der Waals surface area contributed by atoms with Gasteiger partial charge >= 0.3 is 0 Å². The Balaban J connectivity index is 1.41. The first-order chi connectivity index (χ1) is 12.3. The van der Waals surface area contributed by atoms with Crippen molar-refractivity contribution in [1.29, 1.82) is 0 Å². The Kier molecular flexibility index (Phi) is 3.17. The quantitative estimate of drug-likeness (QED) is 0.578. The minimum absolute atomic E-state index is 0.195. The minimum Gasteiger partial charge on any atom is -0.361 e. The van der Waals surface area contributed by atoms with Crippen LogP contribution in [0.4, 0.5) is 0 Å². The van der Waals surface area contributed by atoms with Crippen LogP contribution in [0.1, 0.15) is 16.8 Å². The second-order valence-corrected chi connectivity index (χ2v) is 6.73. The lowest BCUT2D eigenvalue weighted by Crippen LogP contribution is -2.36. The van der Waals surface area contributed by atoms with Crippen molar-refractivity contribution < 1.29 is 4.79 Å². The van der Waals surface area contributed by atoms with Crippen LogP contribution in [0.2, 0.25) is 0 Å². The van der Waals surface area contributed by atoms with E-state index in [1.165, 1.54) is 22.2 Å². The van der Waals surface area contributed by atoms with Gasteiger partial charge in [-0.1, -0.05) is 36.4 Å². The Labute approximate surface area is 145 Å². The molecule has 0 bridgehead atoms. The molecule has 1 aliphatic heterocycles. The molecule has 5 rings (SSSR count). The summed E-state index contributed by atoms with van der Waals surface area (Å²) < 4.78 is 0. The Morgan fingerprint density at radius 2 is 1.76 bits per heavy atom. The van der Waals surface area contributed by atoms with E-state index in [0.29, 0.717) is 13.0 Å². The van der Waals surface area contributed by atoms with Crippen LogP contribution in [0.15, 0.2) is 54.7 Å². The zero-order valence-corrected chi connectivity index (χ0v) is 13.9. The zero-order chi connectivity index (χ0) is 16.8. The maximum atomic E-state index is 12.9. The number of nitrogens with zero attached hydrogens (tertiary/aromatic N) is 1. The van der Waals surface area contributed by atoms with Crippen molar-refractivity contribution in [2.24, 2.45) is 0 Å². The number of para-hydroxylation sites is 2. The van der Waals surface area contributed by atoms with Gasteiger partial charge in [0, 0.05) is 58.8 Å². The fourth-order valence-electron chi connectivity index (χ4n) is 3.93. The number of aromatic amines is 2. The van der Waals surface area contributed by atoms with Gasteiger partial charge in [-0.15, -0.1) is 0 Å². The van der Waals surface area contributed by atoms with Crippen molar-refractivity contribution in [2.75, 3.05) is 6.54 Å². The fraction of sp³-hybridized carbons (Fsp3) is 0.190. The van der Waals surface area contributed by atoms with Gasteiger partial charge in [0.1, 0.15) is 0 Å². The van der Waals surface area contributed by atoms with Gasteiger partial charge in [-0.25, -0.2) is 0 Å². The highest BCUT2D eigenvalue weighted by Gasteiger charge is 2.24. The molecular weight excluding hydrogens is 310 g/mol. The first-order valence-corrected chi connectivity index (χ1v) is 8.71. The number of benzene rings is 2. The highest BCUT2D eigenvalue weighted by atomic mass is 16.2. The number of carbonyl (C=O) groups is 1. The third kappa shape index (κ3) is 2.33. The normalized spacial score (nSPS) is 14.2. The molecule has 1 amide bonds. The summed E-state index contributed by atoms with van der Waals surface area (Å²) in [6.45, 7) is 1.47. The Morgan fingerprint density at radius 3 is 2.64 bits per heavy atom. The molecule has 0 spiro atoms. The van der Waals surface area contributed by atoms with Crippen molar-refractivity contribution in [3.8, 4) is 0 Å². The maximum absolute atomic E-state index is 12.9. The summed E-state index contributed by atoms with van der Waals surface area (Å²) in [7, 11) is 0. The molecule has 1 aliphatic rings. The molecule has 4 aromatic rings. The first kappa shape index (κ1) is 14.3. The average Bonchev–Trinajstić information content (AvgIpc) is 3.22. The highest BCUT2D eigenvalue weighted by molar-refractivity contribution is 5.90. The van der Waals surface area contributed by atoms with Crippen molar-refractivity contribution in [2.45, 2.75) is 19.4 Å². The second-order valence-electron chi connectivity index (χ2n) is 6.73. The number of amides is 1. The van der Waals surface area contributed by atoms with Gasteiger partial charge in [0.25, 0.3) is 0 Å². The molecule has 3 heterocycles. The average molecular weight is 329 g/mol. The fourth-order valence-corrected chi connectivity index (χ4v) is 3.93. The molecule has 0 fully saturated rings. The lowest BCUT2D eigenvalue weighted by Gasteiger charge is -2.27. The van der Waals surface area contributed by atoms with Crippen molar-refractivity contribution in [3.05, 3.63) is 71.5 Å². The van der Waals surface area contributed by atoms with E-state index in [1.54, 1.807) is 0 Å². The number of fused-ring (bicyclic) bond motifs is 4. The summed E-state index contributed by atoms with van der Waals surface area (Å²) in [6.07, 6.45) is 3.30. The molecule has 2 aromatic carbocycles. The molecule has 0 atom stereocenters. The van der Waals surface area contributed by atoms with E-state index >= 15 is 0 Å². The van der Waals surface area contributed by atoms with Crippen LogP contribution in [0.25, 0.3) is 21.8 Å². The molecule has 2 N–H and O–H groups in total. The van der Waals surface area contributed by atoms with Gasteiger partial charge in [-0.2, -0.15) is 0 Å². The molecule has 25 heavy (non-hydrogen) atoms. The number of hydrogen-bond donors (Lipinski definition) is 2. The van der Waals surface area contributed by atoms with Crippen LogP contribution in [0, 0.1) is 0 Å². The SMILES string of the molecule is O=C(Cc1c[nH]c2ccccc12)N1CCc2[nH]c3ccccc3c2C1. The number of H-pyrrole nitrogens is 2. The van der Waals surface area contributed by atoms with Crippen LogP contribution in [-0.4, -0.2) is 27.3 Å². The Morgan fingerprint density at radius 1 is 1.00 bits per heavy atom. The van der Waals surface area contributed by atoms with Crippen molar-refractivity contribution in [1.82, 2.24) is 14.9 Å². The largest absolute Gasteiger partial charge is 0.361 e. The van der Waals surface area contributed by atoms with E-state index in [-0.39, 0.29) is 5.91 Å². The van der Waals surface area contributed by atoms with Gasteiger partial charge in [-0.05, 0) is 17.7 Å². The van der Waals surface area contributed by atoms with E-state index in [4.69, 9.17) is 0 Å². The summed E-state index contributed by atoms with van der Waals surface area (Å²) in [5.41, 5.74) is 5.87. The lowest BCUT2D eigenvalue weighted by molar-refractivity contribution is -0.131. The van der Waals surface area contributed by atoms with E-state index < -0.39 is 0 Å². The van der Waals surface area contributed by atoms with Gasteiger partial charge in [0.05, 0.1) is 6.42 Å². The maximum Gasteiger partial charge on any atom is 0.227 e. The molecular formula is C21H19N3O.